The molecule has 1 aromatic carbocycles. The lowest BCUT2D eigenvalue weighted by molar-refractivity contribution is -0.148. The SMILES string of the molecule is Cl.O=C1N(Cc2ccc(Cl)cc2)CCCC12CCCNC2. The molecule has 0 aliphatic carbocycles. The molecule has 2 aliphatic heterocycles. The lowest BCUT2D eigenvalue weighted by atomic mass is 9.73. The Morgan fingerprint density at radius 2 is 1.90 bits per heavy atom. The zero-order valence-corrected chi connectivity index (χ0v) is 13.7. The van der Waals surface area contributed by atoms with Crippen molar-refractivity contribution >= 4 is 29.9 Å². The number of rotatable bonds is 2. The summed E-state index contributed by atoms with van der Waals surface area (Å²) in [6, 6.07) is 7.80. The topological polar surface area (TPSA) is 32.3 Å². The van der Waals surface area contributed by atoms with Crippen LogP contribution in [0.2, 0.25) is 5.02 Å². The molecule has 1 N–H and O–H groups in total. The van der Waals surface area contributed by atoms with Gasteiger partial charge in [0, 0.05) is 24.7 Å². The fourth-order valence-corrected chi connectivity index (χ4v) is 3.60. The Morgan fingerprint density at radius 1 is 1.19 bits per heavy atom. The van der Waals surface area contributed by atoms with E-state index in [9.17, 15) is 4.79 Å². The largest absolute Gasteiger partial charge is 0.338 e. The predicted molar refractivity (Wildman–Crippen MR) is 87.9 cm³/mol. The molecule has 3 rings (SSSR count). The van der Waals surface area contributed by atoms with Gasteiger partial charge in [-0.05, 0) is 49.9 Å². The third-order valence-electron chi connectivity index (χ3n) is 4.58. The van der Waals surface area contributed by atoms with Gasteiger partial charge in [-0.25, -0.2) is 0 Å². The van der Waals surface area contributed by atoms with Crippen LogP contribution in [0, 0.1) is 5.41 Å². The first kappa shape index (κ1) is 16.6. The van der Waals surface area contributed by atoms with E-state index in [0.29, 0.717) is 12.5 Å². The number of nitrogens with zero attached hydrogens (tertiary/aromatic N) is 1. The molecule has 116 valence electrons. The van der Waals surface area contributed by atoms with Gasteiger partial charge in [0.05, 0.1) is 5.41 Å². The summed E-state index contributed by atoms with van der Waals surface area (Å²) in [6.45, 7) is 3.48. The zero-order chi connectivity index (χ0) is 14.0. The summed E-state index contributed by atoms with van der Waals surface area (Å²) in [7, 11) is 0. The number of carbonyl (C=O) groups is 1. The van der Waals surface area contributed by atoms with Crippen LogP contribution < -0.4 is 5.32 Å². The average Bonchev–Trinajstić information content (AvgIpc) is 2.47. The van der Waals surface area contributed by atoms with Crippen molar-refractivity contribution < 1.29 is 4.79 Å². The maximum Gasteiger partial charge on any atom is 0.230 e. The smallest absolute Gasteiger partial charge is 0.230 e. The minimum absolute atomic E-state index is 0. The summed E-state index contributed by atoms with van der Waals surface area (Å²) in [5, 5.41) is 4.14. The number of halogens is 2. The molecule has 0 bridgehead atoms. The van der Waals surface area contributed by atoms with Gasteiger partial charge in [-0.2, -0.15) is 0 Å². The van der Waals surface area contributed by atoms with Gasteiger partial charge in [0.15, 0.2) is 0 Å². The Morgan fingerprint density at radius 3 is 2.57 bits per heavy atom. The first-order chi connectivity index (χ1) is 9.70. The highest BCUT2D eigenvalue weighted by Gasteiger charge is 2.44. The normalized spacial score (nSPS) is 25.8. The molecule has 0 saturated carbocycles. The lowest BCUT2D eigenvalue weighted by Crippen LogP contribution is -2.54. The highest BCUT2D eigenvalue weighted by Crippen LogP contribution is 2.37. The summed E-state index contributed by atoms with van der Waals surface area (Å²) < 4.78 is 0. The third kappa shape index (κ3) is 3.53. The van der Waals surface area contributed by atoms with Gasteiger partial charge in [0.1, 0.15) is 0 Å². The van der Waals surface area contributed by atoms with E-state index in [0.717, 1.165) is 55.9 Å². The summed E-state index contributed by atoms with van der Waals surface area (Å²) in [6.07, 6.45) is 4.30. The molecule has 1 unspecified atom stereocenters. The van der Waals surface area contributed by atoms with Crippen LogP contribution in [-0.4, -0.2) is 30.4 Å². The fourth-order valence-electron chi connectivity index (χ4n) is 3.48. The molecule has 5 heteroatoms. The molecule has 2 fully saturated rings. The van der Waals surface area contributed by atoms with E-state index in [1.54, 1.807) is 0 Å². The molecule has 0 radical (unpaired) electrons. The summed E-state index contributed by atoms with van der Waals surface area (Å²) >= 11 is 5.91. The molecule has 0 aromatic heterocycles. The highest BCUT2D eigenvalue weighted by molar-refractivity contribution is 6.30. The summed E-state index contributed by atoms with van der Waals surface area (Å²) in [4.78, 5) is 14.9. The van der Waals surface area contributed by atoms with Crippen molar-refractivity contribution in [3.63, 3.8) is 0 Å². The molecule has 1 atom stereocenters. The maximum atomic E-state index is 12.8. The Kier molecular flexibility index (Phi) is 5.53. The molecule has 1 aromatic rings. The number of hydrogen-bond acceptors (Lipinski definition) is 2. The van der Waals surface area contributed by atoms with E-state index in [1.165, 1.54) is 0 Å². The molecule has 1 spiro atoms. The van der Waals surface area contributed by atoms with Gasteiger partial charge >= 0.3 is 0 Å². The number of hydrogen-bond donors (Lipinski definition) is 1. The van der Waals surface area contributed by atoms with Gasteiger partial charge < -0.3 is 10.2 Å². The van der Waals surface area contributed by atoms with Crippen LogP contribution in [-0.2, 0) is 11.3 Å². The minimum atomic E-state index is -0.136. The average molecular weight is 329 g/mol. The fraction of sp³-hybridized carbons (Fsp3) is 0.562. The van der Waals surface area contributed by atoms with Gasteiger partial charge in [-0.1, -0.05) is 23.7 Å². The van der Waals surface area contributed by atoms with Gasteiger partial charge in [-0.15, -0.1) is 12.4 Å². The highest BCUT2D eigenvalue weighted by atomic mass is 35.5. The van der Waals surface area contributed by atoms with Gasteiger partial charge in [0.2, 0.25) is 5.91 Å². The first-order valence-electron chi connectivity index (χ1n) is 7.44. The van der Waals surface area contributed by atoms with Crippen molar-refractivity contribution in [2.24, 2.45) is 5.41 Å². The van der Waals surface area contributed by atoms with E-state index >= 15 is 0 Å². The number of nitrogens with one attached hydrogen (secondary N) is 1. The van der Waals surface area contributed by atoms with Crippen LogP contribution in [0.25, 0.3) is 0 Å². The molecule has 2 heterocycles. The van der Waals surface area contributed by atoms with Crippen LogP contribution in [0.4, 0.5) is 0 Å². The quantitative estimate of drug-likeness (QED) is 0.903. The molecule has 3 nitrogen and oxygen atoms in total. The standard InChI is InChI=1S/C16H21ClN2O.ClH/c17-14-5-3-13(4-6-14)11-19-10-2-8-16(15(19)20)7-1-9-18-12-16;/h3-6,18H,1-2,7-12H2;1H. The second-order valence-corrected chi connectivity index (χ2v) is 6.45. The van der Waals surface area contributed by atoms with Crippen molar-refractivity contribution in [3.05, 3.63) is 34.9 Å². The maximum absolute atomic E-state index is 12.8. The second kappa shape index (κ2) is 6.99. The van der Waals surface area contributed by atoms with Crippen LogP contribution in [0.1, 0.15) is 31.2 Å². The van der Waals surface area contributed by atoms with Crippen molar-refractivity contribution in [2.45, 2.75) is 32.2 Å². The van der Waals surface area contributed by atoms with Crippen LogP contribution >= 0.6 is 24.0 Å². The molecular weight excluding hydrogens is 307 g/mol. The number of benzene rings is 1. The first-order valence-corrected chi connectivity index (χ1v) is 7.82. The minimum Gasteiger partial charge on any atom is -0.338 e. The monoisotopic (exact) mass is 328 g/mol. The van der Waals surface area contributed by atoms with E-state index < -0.39 is 0 Å². The Labute approximate surface area is 137 Å². The molecule has 2 aliphatic rings. The predicted octanol–water partition coefficient (Wildman–Crippen LogP) is 3.25. The van der Waals surface area contributed by atoms with Crippen molar-refractivity contribution in [1.82, 2.24) is 10.2 Å². The summed E-state index contributed by atoms with van der Waals surface area (Å²) in [5.74, 6) is 0.339. The van der Waals surface area contributed by atoms with E-state index in [2.05, 4.69) is 5.32 Å². The zero-order valence-electron chi connectivity index (χ0n) is 12.1. The van der Waals surface area contributed by atoms with Crippen molar-refractivity contribution in [1.29, 1.82) is 0 Å². The van der Waals surface area contributed by atoms with E-state index in [-0.39, 0.29) is 17.8 Å². The Hall–Kier alpha value is -0.770. The van der Waals surface area contributed by atoms with Gasteiger partial charge in [0.25, 0.3) is 0 Å². The van der Waals surface area contributed by atoms with Crippen LogP contribution in [0.15, 0.2) is 24.3 Å². The molecule has 21 heavy (non-hydrogen) atoms. The number of amides is 1. The van der Waals surface area contributed by atoms with E-state index in [4.69, 9.17) is 11.6 Å². The van der Waals surface area contributed by atoms with Crippen molar-refractivity contribution in [3.8, 4) is 0 Å². The Balaban J connectivity index is 0.00000161. The van der Waals surface area contributed by atoms with Crippen LogP contribution in [0.5, 0.6) is 0 Å². The third-order valence-corrected chi connectivity index (χ3v) is 4.84. The number of carbonyl (C=O) groups excluding carboxylic acids is 1. The molecule has 2 saturated heterocycles. The second-order valence-electron chi connectivity index (χ2n) is 6.02. The van der Waals surface area contributed by atoms with Crippen molar-refractivity contribution in [2.75, 3.05) is 19.6 Å². The van der Waals surface area contributed by atoms with E-state index in [1.807, 2.05) is 29.2 Å². The number of likely N-dealkylation sites (tertiary alicyclic amines) is 1. The molecular formula is C16H22Cl2N2O. The van der Waals surface area contributed by atoms with Crippen LogP contribution in [0.3, 0.4) is 0 Å². The lowest BCUT2D eigenvalue weighted by Gasteiger charge is -2.44. The summed E-state index contributed by atoms with van der Waals surface area (Å²) in [5.41, 5.74) is 1.02. The number of piperidine rings is 2. The van der Waals surface area contributed by atoms with Gasteiger partial charge in [-0.3, -0.25) is 4.79 Å². The Bertz CT molecular complexity index is 478. The molecule has 1 amide bonds.